The van der Waals surface area contributed by atoms with Crippen LogP contribution in [0.15, 0.2) is 36.4 Å². The summed E-state index contributed by atoms with van der Waals surface area (Å²) in [4.78, 5) is 12.2. The van der Waals surface area contributed by atoms with Crippen LogP contribution in [0.2, 0.25) is 0 Å². The van der Waals surface area contributed by atoms with Gasteiger partial charge in [0.2, 0.25) is 0 Å². The minimum Gasteiger partial charge on any atom is -0.495 e. The quantitative estimate of drug-likeness (QED) is 0.742. The van der Waals surface area contributed by atoms with Gasteiger partial charge in [-0.2, -0.15) is 0 Å². The molecule has 2 rings (SSSR count). The third-order valence-corrected chi connectivity index (χ3v) is 3.25. The highest BCUT2D eigenvalue weighted by Gasteiger charge is 2.13. The fourth-order valence-corrected chi connectivity index (χ4v) is 2.18. The molecule has 0 radical (unpaired) electrons. The maximum atomic E-state index is 12.2. The molecule has 0 heterocycles. The number of methoxy groups -OCH3 is 1. The lowest BCUT2D eigenvalue weighted by atomic mass is 10.1. The Bertz CT molecular complexity index is 684. The van der Waals surface area contributed by atoms with Gasteiger partial charge in [-0.1, -0.05) is 6.07 Å². The molecule has 0 spiro atoms. The molecule has 5 nitrogen and oxygen atoms in total. The van der Waals surface area contributed by atoms with Gasteiger partial charge in [0.15, 0.2) is 0 Å². The summed E-state index contributed by atoms with van der Waals surface area (Å²) in [7, 11) is 1.61. The molecule has 0 saturated carbocycles. The van der Waals surface area contributed by atoms with E-state index < -0.39 is 0 Å². The number of hydrogen-bond donors (Lipinski definition) is 3. The summed E-state index contributed by atoms with van der Waals surface area (Å²) in [5.74, 6) is 0.549. The second-order valence-corrected chi connectivity index (χ2v) is 4.99. The summed E-state index contributed by atoms with van der Waals surface area (Å²) in [6.45, 7) is 4.43. The van der Waals surface area contributed by atoms with E-state index >= 15 is 0 Å². The first-order chi connectivity index (χ1) is 10.5. The summed E-state index contributed by atoms with van der Waals surface area (Å²) in [5.41, 5.74) is 9.44. The van der Waals surface area contributed by atoms with Crippen LogP contribution in [0.25, 0.3) is 0 Å². The van der Waals surface area contributed by atoms with Gasteiger partial charge in [-0.05, 0) is 49.7 Å². The maximum absolute atomic E-state index is 12.2. The number of anilines is 3. The molecular weight excluding hydrogens is 278 g/mol. The number of amides is 1. The van der Waals surface area contributed by atoms with E-state index in [2.05, 4.69) is 10.6 Å². The number of aryl methyl sites for hydroxylation is 1. The van der Waals surface area contributed by atoms with E-state index in [-0.39, 0.29) is 5.91 Å². The van der Waals surface area contributed by atoms with Crippen LogP contribution in [0.4, 0.5) is 17.1 Å². The lowest BCUT2D eigenvalue weighted by Crippen LogP contribution is -2.23. The van der Waals surface area contributed by atoms with Crippen molar-refractivity contribution in [3.8, 4) is 5.75 Å². The van der Waals surface area contributed by atoms with Gasteiger partial charge in [-0.15, -0.1) is 0 Å². The molecular formula is C17H21N3O2. The molecule has 116 valence electrons. The van der Waals surface area contributed by atoms with E-state index in [0.29, 0.717) is 29.2 Å². The van der Waals surface area contributed by atoms with Crippen molar-refractivity contribution in [1.82, 2.24) is 5.32 Å². The Hall–Kier alpha value is -2.69. The molecule has 0 unspecified atom stereocenters. The molecule has 22 heavy (non-hydrogen) atoms. The van der Waals surface area contributed by atoms with Crippen LogP contribution in [0.3, 0.4) is 0 Å². The van der Waals surface area contributed by atoms with Crippen LogP contribution in [0, 0.1) is 6.92 Å². The second-order valence-electron chi connectivity index (χ2n) is 4.99. The summed E-state index contributed by atoms with van der Waals surface area (Å²) in [5, 5.41) is 6.05. The van der Waals surface area contributed by atoms with Crippen molar-refractivity contribution in [3.63, 3.8) is 0 Å². The first-order valence-corrected chi connectivity index (χ1v) is 7.14. The van der Waals surface area contributed by atoms with Crippen molar-refractivity contribution in [1.29, 1.82) is 0 Å². The third kappa shape index (κ3) is 3.49. The number of nitrogens with one attached hydrogen (secondary N) is 2. The van der Waals surface area contributed by atoms with Crippen LogP contribution in [0.5, 0.6) is 5.75 Å². The monoisotopic (exact) mass is 299 g/mol. The largest absolute Gasteiger partial charge is 0.495 e. The van der Waals surface area contributed by atoms with Gasteiger partial charge in [0.05, 0.1) is 24.0 Å². The van der Waals surface area contributed by atoms with Crippen molar-refractivity contribution < 1.29 is 9.53 Å². The molecule has 0 aliphatic heterocycles. The molecule has 1 amide bonds. The Morgan fingerprint density at radius 2 is 1.95 bits per heavy atom. The average Bonchev–Trinajstić information content (AvgIpc) is 2.49. The fraction of sp³-hybridized carbons (Fsp3) is 0.235. The number of nitrogens with two attached hydrogens (primary N) is 1. The Kier molecular flexibility index (Phi) is 4.88. The van der Waals surface area contributed by atoms with E-state index in [4.69, 9.17) is 10.5 Å². The lowest BCUT2D eigenvalue weighted by Gasteiger charge is -2.15. The molecule has 0 aliphatic carbocycles. The summed E-state index contributed by atoms with van der Waals surface area (Å²) in [6, 6.07) is 11.0. The molecule has 2 aromatic carbocycles. The van der Waals surface area contributed by atoms with E-state index in [1.54, 1.807) is 25.3 Å². The Morgan fingerprint density at radius 3 is 2.64 bits per heavy atom. The zero-order valence-electron chi connectivity index (χ0n) is 13.1. The first kappa shape index (κ1) is 15.7. The van der Waals surface area contributed by atoms with Gasteiger partial charge in [0.25, 0.3) is 5.91 Å². The Morgan fingerprint density at radius 1 is 1.18 bits per heavy atom. The molecule has 4 N–H and O–H groups in total. The molecule has 0 bridgehead atoms. The normalized spacial score (nSPS) is 10.1. The number of benzene rings is 2. The molecule has 0 saturated heterocycles. The van der Waals surface area contributed by atoms with Crippen LogP contribution in [0.1, 0.15) is 22.8 Å². The summed E-state index contributed by atoms with van der Waals surface area (Å²) in [6.07, 6.45) is 0. The highest BCUT2D eigenvalue weighted by molar-refractivity contribution is 6.01. The van der Waals surface area contributed by atoms with Gasteiger partial charge in [-0.25, -0.2) is 0 Å². The van der Waals surface area contributed by atoms with Crippen molar-refractivity contribution in [3.05, 3.63) is 47.5 Å². The van der Waals surface area contributed by atoms with Crippen molar-refractivity contribution in [2.45, 2.75) is 13.8 Å². The van der Waals surface area contributed by atoms with Gasteiger partial charge in [0, 0.05) is 12.2 Å². The standard InChI is InChI=1S/C17H21N3O2/c1-4-19-17(21)13-10-12(18)6-7-14(13)20-15-9-11(2)5-8-16(15)22-3/h5-10,20H,4,18H2,1-3H3,(H,19,21). The molecule has 2 aromatic rings. The summed E-state index contributed by atoms with van der Waals surface area (Å²) < 4.78 is 5.36. The lowest BCUT2D eigenvalue weighted by molar-refractivity contribution is 0.0956. The SMILES string of the molecule is CCNC(=O)c1cc(N)ccc1Nc1cc(C)ccc1OC. The number of carbonyl (C=O) groups excluding carboxylic acids is 1. The highest BCUT2D eigenvalue weighted by Crippen LogP contribution is 2.30. The maximum Gasteiger partial charge on any atom is 0.253 e. The molecule has 0 aromatic heterocycles. The summed E-state index contributed by atoms with van der Waals surface area (Å²) >= 11 is 0. The van der Waals surface area contributed by atoms with Crippen LogP contribution in [-0.4, -0.2) is 19.6 Å². The first-order valence-electron chi connectivity index (χ1n) is 7.14. The molecule has 0 fully saturated rings. The van der Waals surface area contributed by atoms with Crippen molar-refractivity contribution in [2.24, 2.45) is 0 Å². The Balaban J connectivity index is 2.41. The van der Waals surface area contributed by atoms with Gasteiger partial charge in [0.1, 0.15) is 5.75 Å². The van der Waals surface area contributed by atoms with Crippen LogP contribution < -0.4 is 21.1 Å². The van der Waals surface area contributed by atoms with Crippen molar-refractivity contribution >= 4 is 23.0 Å². The molecule has 0 aliphatic rings. The predicted molar refractivity (Wildman–Crippen MR) is 89.9 cm³/mol. The van der Waals surface area contributed by atoms with Gasteiger partial charge >= 0.3 is 0 Å². The number of nitrogen functional groups attached to an aromatic ring is 1. The number of carbonyl (C=O) groups is 1. The second kappa shape index (κ2) is 6.85. The minimum atomic E-state index is -0.163. The van der Waals surface area contributed by atoms with Crippen molar-refractivity contribution in [2.75, 3.05) is 24.7 Å². The molecule has 0 atom stereocenters. The number of hydrogen-bond acceptors (Lipinski definition) is 4. The van der Waals surface area contributed by atoms with Gasteiger partial charge in [-0.3, -0.25) is 4.79 Å². The zero-order chi connectivity index (χ0) is 16.1. The minimum absolute atomic E-state index is 0.163. The smallest absolute Gasteiger partial charge is 0.253 e. The number of ether oxygens (including phenoxy) is 1. The topological polar surface area (TPSA) is 76.4 Å². The van der Waals surface area contributed by atoms with E-state index in [1.165, 1.54) is 0 Å². The van der Waals surface area contributed by atoms with Crippen LogP contribution in [-0.2, 0) is 0 Å². The Labute approximate surface area is 130 Å². The molecule has 5 heteroatoms. The fourth-order valence-electron chi connectivity index (χ4n) is 2.18. The van der Waals surface area contributed by atoms with Crippen LogP contribution >= 0.6 is 0 Å². The number of rotatable bonds is 5. The van der Waals surface area contributed by atoms with E-state index in [1.807, 2.05) is 32.0 Å². The van der Waals surface area contributed by atoms with Gasteiger partial charge < -0.3 is 21.1 Å². The highest BCUT2D eigenvalue weighted by atomic mass is 16.5. The predicted octanol–water partition coefficient (Wildman–Crippen LogP) is 3.08. The third-order valence-electron chi connectivity index (χ3n) is 3.25. The van der Waals surface area contributed by atoms with E-state index in [9.17, 15) is 4.79 Å². The zero-order valence-corrected chi connectivity index (χ0v) is 13.1. The average molecular weight is 299 g/mol. The van der Waals surface area contributed by atoms with E-state index in [0.717, 1.165) is 11.3 Å².